The van der Waals surface area contributed by atoms with Gasteiger partial charge >= 0.3 is 5.97 Å². The Bertz CT molecular complexity index is 456. The predicted molar refractivity (Wildman–Crippen MR) is 79.4 cm³/mol. The Balaban J connectivity index is 2.74. The van der Waals surface area contributed by atoms with Gasteiger partial charge in [0, 0.05) is 25.0 Å². The maximum atomic E-state index is 11.8. The summed E-state index contributed by atoms with van der Waals surface area (Å²) in [5.41, 5.74) is 0.439. The highest BCUT2D eigenvalue weighted by Crippen LogP contribution is 2.29. The minimum absolute atomic E-state index is 0.114. The van der Waals surface area contributed by atoms with Crippen LogP contribution < -0.4 is 5.32 Å². The lowest BCUT2D eigenvalue weighted by molar-refractivity contribution is -0.116. The minimum Gasteiger partial charge on any atom is -0.462 e. The number of hydrogen-bond donors (Lipinski definition) is 1. The van der Waals surface area contributed by atoms with Crippen LogP contribution in [0.15, 0.2) is 6.07 Å². The van der Waals surface area contributed by atoms with Gasteiger partial charge in [-0.15, -0.1) is 11.3 Å². The van der Waals surface area contributed by atoms with Crippen molar-refractivity contribution in [3.63, 3.8) is 0 Å². The Kier molecular flexibility index (Phi) is 7.25. The van der Waals surface area contributed by atoms with Crippen molar-refractivity contribution in [1.29, 1.82) is 0 Å². The summed E-state index contributed by atoms with van der Waals surface area (Å²) >= 11 is 1.42. The van der Waals surface area contributed by atoms with Gasteiger partial charge in [-0.2, -0.15) is 0 Å². The Morgan fingerprint density at radius 1 is 1.35 bits per heavy atom. The lowest BCUT2D eigenvalue weighted by Gasteiger charge is -2.05. The average Bonchev–Trinajstić information content (AvgIpc) is 2.82. The van der Waals surface area contributed by atoms with Gasteiger partial charge in [0.15, 0.2) is 0 Å². The number of ether oxygens (including phenoxy) is 2. The van der Waals surface area contributed by atoms with Crippen molar-refractivity contribution in [2.75, 3.05) is 25.6 Å². The predicted octanol–water partition coefficient (Wildman–Crippen LogP) is 2.85. The van der Waals surface area contributed by atoms with Crippen LogP contribution in [-0.4, -0.2) is 32.2 Å². The number of carbonyl (C=O) groups is 2. The number of amides is 1. The summed E-state index contributed by atoms with van der Waals surface area (Å²) in [5.74, 6) is -0.507. The molecule has 0 fully saturated rings. The van der Waals surface area contributed by atoms with Gasteiger partial charge in [0.05, 0.1) is 12.2 Å². The Labute approximate surface area is 123 Å². The molecule has 0 aromatic carbocycles. The average molecular weight is 299 g/mol. The van der Waals surface area contributed by atoms with Crippen LogP contribution in [-0.2, 0) is 20.7 Å². The lowest BCUT2D eigenvalue weighted by Crippen LogP contribution is -2.14. The van der Waals surface area contributed by atoms with E-state index in [1.165, 1.54) is 11.3 Å². The molecule has 1 aromatic heterocycles. The van der Waals surface area contributed by atoms with E-state index in [0.29, 0.717) is 36.6 Å². The van der Waals surface area contributed by atoms with Gasteiger partial charge < -0.3 is 14.8 Å². The second-order valence-corrected chi connectivity index (χ2v) is 5.31. The molecule has 6 heteroatoms. The molecule has 0 spiro atoms. The number of aryl methyl sites for hydroxylation is 1. The number of carbonyl (C=O) groups excluding carboxylic acids is 2. The van der Waals surface area contributed by atoms with E-state index in [0.717, 1.165) is 11.3 Å². The molecular formula is C14H21NO4S. The molecular weight excluding hydrogens is 278 g/mol. The molecule has 1 aromatic rings. The maximum Gasteiger partial charge on any atom is 0.341 e. The molecule has 0 aliphatic rings. The summed E-state index contributed by atoms with van der Waals surface area (Å²) in [4.78, 5) is 24.7. The fourth-order valence-electron chi connectivity index (χ4n) is 1.64. The lowest BCUT2D eigenvalue weighted by atomic mass is 10.2. The molecule has 0 radical (unpaired) electrons. The van der Waals surface area contributed by atoms with E-state index in [1.54, 1.807) is 20.1 Å². The Morgan fingerprint density at radius 3 is 2.70 bits per heavy atom. The van der Waals surface area contributed by atoms with Crippen LogP contribution in [0.5, 0.6) is 0 Å². The highest BCUT2D eigenvalue weighted by molar-refractivity contribution is 7.16. The van der Waals surface area contributed by atoms with Crippen LogP contribution in [0.4, 0.5) is 5.00 Å². The first-order chi connectivity index (χ1) is 9.62. The zero-order valence-corrected chi connectivity index (χ0v) is 13.0. The molecule has 0 atom stereocenters. The van der Waals surface area contributed by atoms with Crippen LogP contribution >= 0.6 is 11.3 Å². The number of nitrogens with one attached hydrogen (secondary N) is 1. The van der Waals surface area contributed by atoms with Crippen LogP contribution in [0.25, 0.3) is 0 Å². The van der Waals surface area contributed by atoms with Crippen molar-refractivity contribution in [1.82, 2.24) is 0 Å². The molecule has 20 heavy (non-hydrogen) atoms. The van der Waals surface area contributed by atoms with Crippen molar-refractivity contribution >= 4 is 28.2 Å². The standard InChI is InChI=1S/C14H21NO4S/c1-4-10-9-11(14(17)19-5-2)13(20-10)15-12(16)7-6-8-18-3/h9H,4-8H2,1-3H3,(H,15,16). The Hall–Kier alpha value is -1.40. The van der Waals surface area contributed by atoms with Crippen LogP contribution in [0, 0.1) is 0 Å². The molecule has 112 valence electrons. The second kappa shape index (κ2) is 8.71. The van der Waals surface area contributed by atoms with E-state index in [1.807, 2.05) is 6.92 Å². The highest BCUT2D eigenvalue weighted by Gasteiger charge is 2.18. The third-order valence-electron chi connectivity index (χ3n) is 2.63. The first-order valence-corrected chi connectivity index (χ1v) is 7.52. The number of thiophene rings is 1. The molecule has 0 bridgehead atoms. The van der Waals surface area contributed by atoms with Crippen LogP contribution in [0.3, 0.4) is 0 Å². The van der Waals surface area contributed by atoms with E-state index in [4.69, 9.17) is 9.47 Å². The molecule has 0 saturated heterocycles. The van der Waals surface area contributed by atoms with Gasteiger partial charge in [0.2, 0.25) is 5.91 Å². The highest BCUT2D eigenvalue weighted by atomic mass is 32.1. The number of esters is 1. The van der Waals surface area contributed by atoms with E-state index < -0.39 is 5.97 Å². The fourth-order valence-corrected chi connectivity index (χ4v) is 2.64. The summed E-state index contributed by atoms with van der Waals surface area (Å²) in [6.45, 7) is 4.62. The number of methoxy groups -OCH3 is 1. The molecule has 1 rings (SSSR count). The summed E-state index contributed by atoms with van der Waals surface area (Å²) in [5, 5.41) is 3.36. The third-order valence-corrected chi connectivity index (χ3v) is 3.83. The number of hydrogen-bond acceptors (Lipinski definition) is 5. The van der Waals surface area contributed by atoms with Crippen molar-refractivity contribution < 1.29 is 19.1 Å². The van der Waals surface area contributed by atoms with E-state index in [-0.39, 0.29) is 5.91 Å². The Morgan fingerprint density at radius 2 is 2.10 bits per heavy atom. The topological polar surface area (TPSA) is 64.6 Å². The molecule has 1 amide bonds. The van der Waals surface area contributed by atoms with Gasteiger partial charge in [-0.1, -0.05) is 6.92 Å². The normalized spacial score (nSPS) is 10.3. The zero-order chi connectivity index (χ0) is 15.0. The SMILES string of the molecule is CCOC(=O)c1cc(CC)sc1NC(=O)CCCOC. The van der Waals surface area contributed by atoms with E-state index in [2.05, 4.69) is 5.32 Å². The monoisotopic (exact) mass is 299 g/mol. The van der Waals surface area contributed by atoms with Crippen molar-refractivity contribution in [3.8, 4) is 0 Å². The van der Waals surface area contributed by atoms with Gasteiger partial charge in [-0.3, -0.25) is 4.79 Å². The molecule has 0 saturated carbocycles. The maximum absolute atomic E-state index is 11.8. The van der Waals surface area contributed by atoms with E-state index >= 15 is 0 Å². The molecule has 5 nitrogen and oxygen atoms in total. The summed E-state index contributed by atoms with van der Waals surface area (Å²) in [6.07, 6.45) is 1.84. The molecule has 1 N–H and O–H groups in total. The first kappa shape index (κ1) is 16.7. The summed E-state index contributed by atoms with van der Waals surface area (Å²) in [6, 6.07) is 1.79. The zero-order valence-electron chi connectivity index (χ0n) is 12.2. The quantitative estimate of drug-likeness (QED) is 0.592. The van der Waals surface area contributed by atoms with Gasteiger partial charge in [0.1, 0.15) is 5.00 Å². The second-order valence-electron chi connectivity index (χ2n) is 4.17. The number of anilines is 1. The largest absolute Gasteiger partial charge is 0.462 e. The van der Waals surface area contributed by atoms with Crippen LogP contribution in [0.1, 0.15) is 41.9 Å². The third kappa shape index (κ3) is 4.94. The smallest absolute Gasteiger partial charge is 0.341 e. The van der Waals surface area contributed by atoms with E-state index in [9.17, 15) is 9.59 Å². The van der Waals surface area contributed by atoms with Crippen molar-refractivity contribution in [2.45, 2.75) is 33.1 Å². The van der Waals surface area contributed by atoms with Crippen molar-refractivity contribution in [3.05, 3.63) is 16.5 Å². The minimum atomic E-state index is -0.393. The molecule has 0 unspecified atom stereocenters. The summed E-state index contributed by atoms with van der Waals surface area (Å²) < 4.78 is 9.91. The van der Waals surface area contributed by atoms with Gasteiger partial charge in [-0.05, 0) is 25.8 Å². The molecule has 0 aliphatic carbocycles. The van der Waals surface area contributed by atoms with Gasteiger partial charge in [-0.25, -0.2) is 4.79 Å². The fraction of sp³-hybridized carbons (Fsp3) is 0.571. The van der Waals surface area contributed by atoms with Gasteiger partial charge in [0.25, 0.3) is 0 Å². The first-order valence-electron chi connectivity index (χ1n) is 6.70. The summed E-state index contributed by atoms with van der Waals surface area (Å²) in [7, 11) is 1.60. The number of rotatable bonds is 8. The van der Waals surface area contributed by atoms with Crippen LogP contribution in [0.2, 0.25) is 0 Å². The molecule has 0 aliphatic heterocycles. The molecule has 1 heterocycles. The van der Waals surface area contributed by atoms with Crippen molar-refractivity contribution in [2.24, 2.45) is 0 Å².